The summed E-state index contributed by atoms with van der Waals surface area (Å²) in [7, 11) is 1.83. The highest BCUT2D eigenvalue weighted by Crippen LogP contribution is 2.55. The molecule has 9 nitrogen and oxygen atoms in total. The number of hydrogen-bond acceptors (Lipinski definition) is 7. The molecular weight excluding hydrogens is 572 g/mol. The summed E-state index contributed by atoms with van der Waals surface area (Å²) in [6.07, 6.45) is 7.15. The Morgan fingerprint density at radius 2 is 1.86 bits per heavy atom. The second kappa shape index (κ2) is 12.3. The molecular formula is C31H31ClN6O3S. The van der Waals surface area contributed by atoms with Crippen molar-refractivity contribution < 1.29 is 14.4 Å². The predicted molar refractivity (Wildman–Crippen MR) is 168 cm³/mol. The van der Waals surface area contributed by atoms with Crippen LogP contribution in [0.1, 0.15) is 35.0 Å². The van der Waals surface area contributed by atoms with Gasteiger partial charge in [0.15, 0.2) is 0 Å². The fourth-order valence-corrected chi connectivity index (χ4v) is 6.57. The van der Waals surface area contributed by atoms with E-state index in [0.717, 1.165) is 65.7 Å². The number of anilines is 2. The second-order valence-corrected chi connectivity index (χ2v) is 11.8. The number of fused-ring (bicyclic) bond motifs is 1. The molecule has 1 saturated heterocycles. The van der Waals surface area contributed by atoms with Crippen molar-refractivity contribution in [1.82, 2.24) is 19.4 Å². The van der Waals surface area contributed by atoms with Gasteiger partial charge in [-0.3, -0.25) is 19.7 Å². The van der Waals surface area contributed by atoms with Gasteiger partial charge in [-0.15, -0.1) is 11.3 Å². The van der Waals surface area contributed by atoms with Crippen molar-refractivity contribution in [1.29, 1.82) is 0 Å². The van der Waals surface area contributed by atoms with E-state index >= 15 is 0 Å². The fourth-order valence-electron chi connectivity index (χ4n) is 5.68. The third-order valence-corrected chi connectivity index (χ3v) is 9.03. The summed E-state index contributed by atoms with van der Waals surface area (Å²) >= 11 is 6.14. The maximum Gasteiger partial charge on any atom is 0.268 e. The molecule has 1 aromatic carbocycles. The normalized spacial score (nSPS) is 19.0. The summed E-state index contributed by atoms with van der Waals surface area (Å²) in [4.78, 5) is 47.5. The molecule has 42 heavy (non-hydrogen) atoms. The molecule has 2 N–H and O–H groups in total. The van der Waals surface area contributed by atoms with E-state index in [9.17, 15) is 14.4 Å². The molecule has 2 aliphatic rings. The smallest absolute Gasteiger partial charge is 0.268 e. The van der Waals surface area contributed by atoms with Crippen LogP contribution in [-0.4, -0.2) is 56.6 Å². The topological polar surface area (TPSA) is 109 Å². The minimum atomic E-state index is -0.509. The summed E-state index contributed by atoms with van der Waals surface area (Å²) in [6.45, 7) is 8.25. The molecule has 1 saturated carbocycles. The molecule has 216 valence electrons. The average molecular weight is 603 g/mol. The summed E-state index contributed by atoms with van der Waals surface area (Å²) in [6, 6.07) is 15.9. The first kappa shape index (κ1) is 29.2. The number of thiophene rings is 1. The van der Waals surface area contributed by atoms with Crippen LogP contribution in [0.4, 0.5) is 11.8 Å². The van der Waals surface area contributed by atoms with Gasteiger partial charge in [0.05, 0.1) is 15.9 Å². The number of benzene rings is 1. The number of likely N-dealkylation sites (tertiary alicyclic amines) is 1. The Balaban J connectivity index is 0.000000652. The first-order chi connectivity index (χ1) is 20.3. The number of allylic oxidation sites excluding steroid dienone is 1. The van der Waals surface area contributed by atoms with Crippen molar-refractivity contribution in [2.75, 3.05) is 30.8 Å². The number of hydrogen-bond donors (Lipinski definition) is 2. The number of aromatic nitrogens is 3. The lowest BCUT2D eigenvalue weighted by molar-refractivity contribution is -0.125. The molecule has 4 heterocycles. The van der Waals surface area contributed by atoms with Crippen molar-refractivity contribution in [3.63, 3.8) is 0 Å². The summed E-state index contributed by atoms with van der Waals surface area (Å²) in [5.74, 6) is 1.20. The van der Waals surface area contributed by atoms with E-state index in [-0.39, 0.29) is 23.3 Å². The van der Waals surface area contributed by atoms with E-state index < -0.39 is 5.24 Å². The van der Waals surface area contributed by atoms with Crippen molar-refractivity contribution in [3.05, 3.63) is 84.9 Å². The number of nitrogens with one attached hydrogen (secondary N) is 2. The summed E-state index contributed by atoms with van der Waals surface area (Å²) in [5, 5.41) is 5.59. The Kier molecular flexibility index (Phi) is 8.56. The van der Waals surface area contributed by atoms with Crippen molar-refractivity contribution in [2.45, 2.75) is 25.3 Å². The Bertz CT molecular complexity index is 1650. The molecule has 3 aromatic heterocycles. The molecule has 0 bridgehead atoms. The molecule has 0 atom stereocenters. The third kappa shape index (κ3) is 6.00. The molecule has 6 rings (SSSR count). The first-order valence-electron chi connectivity index (χ1n) is 13.5. The van der Waals surface area contributed by atoms with Gasteiger partial charge in [0.2, 0.25) is 17.1 Å². The average Bonchev–Trinajstić information content (AvgIpc) is 3.74. The van der Waals surface area contributed by atoms with E-state index in [4.69, 9.17) is 16.6 Å². The van der Waals surface area contributed by atoms with Crippen LogP contribution in [0, 0.1) is 5.41 Å². The van der Waals surface area contributed by atoms with Crippen LogP contribution in [0.25, 0.3) is 21.5 Å². The Morgan fingerprint density at radius 1 is 1.10 bits per heavy atom. The van der Waals surface area contributed by atoms with Gasteiger partial charge >= 0.3 is 0 Å². The van der Waals surface area contributed by atoms with Crippen LogP contribution in [0.15, 0.2) is 80.0 Å². The van der Waals surface area contributed by atoms with E-state index in [1.54, 1.807) is 6.20 Å². The maximum atomic E-state index is 13.3. The second-order valence-electron chi connectivity index (χ2n) is 10.4. The largest absolute Gasteiger partial charge is 0.373 e. The van der Waals surface area contributed by atoms with Gasteiger partial charge in [-0.2, -0.15) is 0 Å². The molecule has 0 unspecified atom stereocenters. The minimum absolute atomic E-state index is 0.00503. The van der Waals surface area contributed by atoms with Crippen LogP contribution >= 0.6 is 22.9 Å². The van der Waals surface area contributed by atoms with Crippen LogP contribution < -0.4 is 10.6 Å². The van der Waals surface area contributed by atoms with Crippen LogP contribution in [0.2, 0.25) is 0 Å². The highest BCUT2D eigenvalue weighted by molar-refractivity contribution is 7.17. The van der Waals surface area contributed by atoms with Gasteiger partial charge in [-0.05, 0) is 84.8 Å². The molecule has 1 spiro atoms. The standard InChI is InChI=1S/C28H28N6O2S.C3H3ClO/c1-3-25(35)33-13-12-28(17-33)14-19(15-28)34-21-7-5-4-6-20(21)31-27(34)32-26(36)23-10-9-22(37-23)18-8-11-24(29-2)30-16-18;1-2-3(4)5/h3-11,16,19H,1,12-15,17H2,2H3,(H,29,30)(H,31,32,36);2H,1H2. The zero-order chi connectivity index (χ0) is 29.9. The Morgan fingerprint density at radius 3 is 2.52 bits per heavy atom. The molecule has 4 aromatic rings. The van der Waals surface area contributed by atoms with Gasteiger partial charge < -0.3 is 14.8 Å². The highest BCUT2D eigenvalue weighted by atomic mass is 35.5. The van der Waals surface area contributed by atoms with Gasteiger partial charge in [0, 0.05) is 42.8 Å². The number of carbonyl (C=O) groups is 3. The number of imidazole rings is 1. The first-order valence-corrected chi connectivity index (χ1v) is 14.7. The number of rotatable bonds is 7. The number of amides is 2. The summed E-state index contributed by atoms with van der Waals surface area (Å²) in [5.41, 5.74) is 2.97. The van der Waals surface area contributed by atoms with E-state index in [2.05, 4.69) is 39.4 Å². The van der Waals surface area contributed by atoms with Gasteiger partial charge in [0.1, 0.15) is 5.82 Å². The van der Waals surface area contributed by atoms with Gasteiger partial charge in [-0.25, -0.2) is 9.97 Å². The lowest BCUT2D eigenvalue weighted by Gasteiger charge is -2.46. The molecule has 0 radical (unpaired) electrons. The SMILES string of the molecule is C=CC(=O)Cl.C=CC(=O)N1CCC2(CC(n3c(NC(=O)c4ccc(-c5ccc(NC)nc5)s4)nc4ccccc43)C2)C1. The van der Waals surface area contributed by atoms with Gasteiger partial charge in [0.25, 0.3) is 5.91 Å². The highest BCUT2D eigenvalue weighted by Gasteiger charge is 2.50. The third-order valence-electron chi connectivity index (χ3n) is 7.74. The Labute approximate surface area is 252 Å². The van der Waals surface area contributed by atoms with Gasteiger partial charge in [-0.1, -0.05) is 25.3 Å². The van der Waals surface area contributed by atoms with Crippen molar-refractivity contribution in [2.24, 2.45) is 5.41 Å². The van der Waals surface area contributed by atoms with E-state index in [0.29, 0.717) is 10.8 Å². The van der Waals surface area contributed by atoms with Crippen molar-refractivity contribution in [3.8, 4) is 10.4 Å². The molecule has 2 amide bonds. The number of para-hydroxylation sites is 2. The van der Waals surface area contributed by atoms with E-state index in [1.165, 1.54) is 17.4 Å². The molecule has 1 aliphatic carbocycles. The predicted octanol–water partition coefficient (Wildman–Crippen LogP) is 6.13. The number of halogens is 1. The van der Waals surface area contributed by atoms with Crippen LogP contribution in [0.5, 0.6) is 0 Å². The molecule has 1 aliphatic heterocycles. The molecule has 2 fully saturated rings. The zero-order valence-corrected chi connectivity index (χ0v) is 24.8. The van der Waals surface area contributed by atoms with Crippen LogP contribution in [0.3, 0.4) is 0 Å². The fraction of sp³-hybridized carbons (Fsp3) is 0.258. The van der Waals surface area contributed by atoms with Crippen LogP contribution in [-0.2, 0) is 9.59 Å². The molecule has 11 heteroatoms. The quantitative estimate of drug-likeness (QED) is 0.194. The monoisotopic (exact) mass is 602 g/mol. The number of pyridine rings is 1. The van der Waals surface area contributed by atoms with E-state index in [1.807, 2.05) is 54.4 Å². The lowest BCUT2D eigenvalue weighted by atomic mass is 9.65. The van der Waals surface area contributed by atoms with Crippen molar-refractivity contribution >= 4 is 62.8 Å². The lowest BCUT2D eigenvalue weighted by Crippen LogP contribution is -2.42. The Hall–Kier alpha value is -4.28. The maximum absolute atomic E-state index is 13.3. The number of carbonyl (C=O) groups excluding carboxylic acids is 3. The minimum Gasteiger partial charge on any atom is -0.373 e. The number of nitrogens with zero attached hydrogens (tertiary/aromatic N) is 4. The zero-order valence-electron chi connectivity index (χ0n) is 23.2. The summed E-state index contributed by atoms with van der Waals surface area (Å²) < 4.78 is 2.17.